The minimum Gasteiger partial charge on any atom is -0.493 e. The zero-order chi connectivity index (χ0) is 22.5. The Morgan fingerprint density at radius 3 is 2.07 bits per heavy atom. The van der Waals surface area contributed by atoms with Gasteiger partial charge in [0, 0.05) is 31.7 Å². The molecule has 1 aromatic carbocycles. The molecular formula is C23H42N4O3. The third kappa shape index (κ3) is 8.30. The molecule has 0 aliphatic carbocycles. The van der Waals surface area contributed by atoms with Crippen molar-refractivity contribution in [3.8, 4) is 17.2 Å². The number of hydrogen-bond acceptors (Lipinski definition) is 5. The van der Waals surface area contributed by atoms with Gasteiger partial charge in [-0.15, -0.1) is 0 Å². The van der Waals surface area contributed by atoms with E-state index >= 15 is 0 Å². The first-order valence-corrected chi connectivity index (χ1v) is 11.0. The third-order valence-electron chi connectivity index (χ3n) is 4.79. The molecule has 0 amide bonds. The Kier molecular flexibility index (Phi) is 12.0. The van der Waals surface area contributed by atoms with E-state index < -0.39 is 0 Å². The van der Waals surface area contributed by atoms with E-state index in [1.54, 1.807) is 14.2 Å². The molecule has 0 bridgehead atoms. The van der Waals surface area contributed by atoms with Crippen molar-refractivity contribution < 1.29 is 14.2 Å². The van der Waals surface area contributed by atoms with E-state index in [-0.39, 0.29) is 0 Å². The molecule has 172 valence electrons. The summed E-state index contributed by atoms with van der Waals surface area (Å²) in [6, 6.07) is 5.00. The predicted octanol–water partition coefficient (Wildman–Crippen LogP) is 3.67. The van der Waals surface area contributed by atoms with Crippen molar-refractivity contribution >= 4 is 5.96 Å². The minimum absolute atomic E-state index is 0.512. The Labute approximate surface area is 183 Å². The molecule has 0 radical (unpaired) electrons. The number of hydrogen-bond donors (Lipinski definition) is 2. The fourth-order valence-electron chi connectivity index (χ4n) is 3.41. The van der Waals surface area contributed by atoms with E-state index in [4.69, 9.17) is 19.2 Å². The molecule has 30 heavy (non-hydrogen) atoms. The van der Waals surface area contributed by atoms with E-state index in [1.165, 1.54) is 0 Å². The Morgan fingerprint density at radius 1 is 1.00 bits per heavy atom. The lowest BCUT2D eigenvalue weighted by Crippen LogP contribution is -2.41. The number of methoxy groups -OCH3 is 2. The van der Waals surface area contributed by atoms with Crippen LogP contribution in [0.1, 0.15) is 53.5 Å². The highest BCUT2D eigenvalue weighted by atomic mass is 16.5. The zero-order valence-corrected chi connectivity index (χ0v) is 20.2. The van der Waals surface area contributed by atoms with Gasteiger partial charge in [-0.2, -0.15) is 0 Å². The summed E-state index contributed by atoms with van der Waals surface area (Å²) in [5, 5.41) is 6.75. The van der Waals surface area contributed by atoms with Crippen molar-refractivity contribution in [3.63, 3.8) is 0 Å². The molecule has 0 saturated carbocycles. The van der Waals surface area contributed by atoms with Crippen LogP contribution >= 0.6 is 0 Å². The van der Waals surface area contributed by atoms with Crippen molar-refractivity contribution in [2.24, 2.45) is 4.99 Å². The first-order valence-electron chi connectivity index (χ1n) is 11.0. The number of rotatable bonds is 13. The molecule has 0 spiro atoms. The van der Waals surface area contributed by atoms with Gasteiger partial charge in [-0.1, -0.05) is 0 Å². The van der Waals surface area contributed by atoms with Crippen LogP contribution in [0, 0.1) is 0 Å². The molecule has 0 heterocycles. The minimum atomic E-state index is 0.512. The van der Waals surface area contributed by atoms with Crippen LogP contribution in [0.25, 0.3) is 0 Å². The van der Waals surface area contributed by atoms with E-state index in [0.29, 0.717) is 42.5 Å². The predicted molar refractivity (Wildman–Crippen MR) is 125 cm³/mol. The molecule has 0 atom stereocenters. The highest BCUT2D eigenvalue weighted by Crippen LogP contribution is 2.38. The second-order valence-electron chi connectivity index (χ2n) is 7.66. The molecule has 7 heteroatoms. The summed E-state index contributed by atoms with van der Waals surface area (Å²) in [5.74, 6) is 2.74. The normalized spacial score (nSPS) is 11.9. The van der Waals surface area contributed by atoms with E-state index in [2.05, 4.69) is 50.2 Å². The molecule has 0 aliphatic heterocycles. The van der Waals surface area contributed by atoms with Crippen molar-refractivity contribution in [1.29, 1.82) is 0 Å². The molecule has 1 rings (SSSR count). The fraction of sp³-hybridized carbons (Fsp3) is 0.696. The quantitative estimate of drug-likeness (QED) is 0.287. The Hall–Kier alpha value is -2.15. The molecule has 7 nitrogen and oxygen atoms in total. The molecular weight excluding hydrogens is 380 g/mol. The number of ether oxygens (including phenoxy) is 3. The Bertz CT molecular complexity index is 614. The van der Waals surface area contributed by atoms with Crippen LogP contribution in [0.5, 0.6) is 17.2 Å². The summed E-state index contributed by atoms with van der Waals surface area (Å²) in [4.78, 5) is 7.23. The SMILES string of the molecule is CCNC(=NCc1cc(OC)c(OCC)c(OC)c1)NCCCN(C(C)C)C(C)C. The van der Waals surface area contributed by atoms with Crippen LogP contribution in [0.2, 0.25) is 0 Å². The standard InChI is InChI=1S/C23H42N4O3/c1-9-24-23(25-12-11-13-27(17(3)4)18(5)6)26-16-19-14-20(28-7)22(30-10-2)21(15-19)29-8/h14-15,17-18H,9-13,16H2,1-8H3,(H2,24,25,26). The zero-order valence-electron chi connectivity index (χ0n) is 20.2. The number of aliphatic imine (C=N–C) groups is 1. The molecule has 0 aromatic heterocycles. The monoisotopic (exact) mass is 422 g/mol. The molecule has 0 unspecified atom stereocenters. The lowest BCUT2D eigenvalue weighted by molar-refractivity contribution is 0.173. The molecule has 1 aromatic rings. The van der Waals surface area contributed by atoms with Gasteiger partial charge in [0.1, 0.15) is 0 Å². The van der Waals surface area contributed by atoms with Gasteiger partial charge in [-0.25, -0.2) is 4.99 Å². The van der Waals surface area contributed by atoms with Gasteiger partial charge in [0.05, 0.1) is 27.4 Å². The smallest absolute Gasteiger partial charge is 0.203 e. The van der Waals surface area contributed by atoms with Gasteiger partial charge in [-0.05, 0) is 65.7 Å². The lowest BCUT2D eigenvalue weighted by Gasteiger charge is -2.30. The van der Waals surface area contributed by atoms with Crippen LogP contribution in [0.15, 0.2) is 17.1 Å². The first kappa shape index (κ1) is 25.9. The van der Waals surface area contributed by atoms with Crippen LogP contribution < -0.4 is 24.8 Å². The first-order chi connectivity index (χ1) is 14.4. The average Bonchev–Trinajstić information content (AvgIpc) is 2.71. The van der Waals surface area contributed by atoms with Crippen LogP contribution in [-0.2, 0) is 6.54 Å². The fourth-order valence-corrected chi connectivity index (χ4v) is 3.41. The van der Waals surface area contributed by atoms with Crippen molar-refractivity contribution in [3.05, 3.63) is 17.7 Å². The van der Waals surface area contributed by atoms with Crippen LogP contribution in [-0.4, -0.2) is 63.4 Å². The number of guanidine groups is 1. The lowest BCUT2D eigenvalue weighted by atomic mass is 10.2. The highest BCUT2D eigenvalue weighted by molar-refractivity contribution is 5.79. The second kappa shape index (κ2) is 14.0. The molecule has 0 aliphatic rings. The maximum Gasteiger partial charge on any atom is 0.203 e. The number of nitrogens with zero attached hydrogens (tertiary/aromatic N) is 2. The summed E-state index contributed by atoms with van der Waals surface area (Å²) >= 11 is 0. The summed E-state index contributed by atoms with van der Waals surface area (Å²) in [5.41, 5.74) is 0.996. The van der Waals surface area contributed by atoms with Gasteiger partial charge in [0.2, 0.25) is 5.75 Å². The third-order valence-corrected chi connectivity index (χ3v) is 4.79. The van der Waals surface area contributed by atoms with Crippen molar-refractivity contribution in [2.75, 3.05) is 40.5 Å². The molecule has 0 saturated heterocycles. The van der Waals surface area contributed by atoms with Gasteiger partial charge in [0.15, 0.2) is 17.5 Å². The summed E-state index contributed by atoms with van der Waals surface area (Å²) in [6.45, 7) is 16.8. The number of nitrogens with one attached hydrogen (secondary N) is 2. The molecule has 2 N–H and O–H groups in total. The average molecular weight is 423 g/mol. The van der Waals surface area contributed by atoms with Crippen molar-refractivity contribution in [1.82, 2.24) is 15.5 Å². The summed E-state index contributed by atoms with van der Waals surface area (Å²) < 4.78 is 16.6. The van der Waals surface area contributed by atoms with Gasteiger partial charge >= 0.3 is 0 Å². The van der Waals surface area contributed by atoms with Gasteiger partial charge in [0.25, 0.3) is 0 Å². The van der Waals surface area contributed by atoms with Gasteiger partial charge in [-0.3, -0.25) is 4.90 Å². The number of benzene rings is 1. The largest absolute Gasteiger partial charge is 0.493 e. The summed E-state index contributed by atoms with van der Waals surface area (Å²) in [7, 11) is 3.27. The second-order valence-corrected chi connectivity index (χ2v) is 7.66. The van der Waals surface area contributed by atoms with E-state index in [0.717, 1.165) is 37.6 Å². The highest BCUT2D eigenvalue weighted by Gasteiger charge is 2.14. The van der Waals surface area contributed by atoms with Crippen molar-refractivity contribution in [2.45, 2.75) is 66.6 Å². The maximum absolute atomic E-state index is 5.67. The molecule has 0 fully saturated rings. The topological polar surface area (TPSA) is 67.4 Å². The van der Waals surface area contributed by atoms with Gasteiger partial charge < -0.3 is 24.8 Å². The van der Waals surface area contributed by atoms with Crippen LogP contribution in [0.4, 0.5) is 0 Å². The Morgan fingerprint density at radius 2 is 1.60 bits per heavy atom. The maximum atomic E-state index is 5.67. The van der Waals surface area contributed by atoms with E-state index in [9.17, 15) is 0 Å². The van der Waals surface area contributed by atoms with E-state index in [1.807, 2.05) is 19.1 Å². The van der Waals surface area contributed by atoms with Crippen LogP contribution in [0.3, 0.4) is 0 Å². The Balaban J connectivity index is 2.78. The summed E-state index contributed by atoms with van der Waals surface area (Å²) in [6.07, 6.45) is 1.06.